The fraction of sp³-hybridized carbons (Fsp3) is 0.500. The molecule has 2 rings (SSSR count). The number of hydrogen-bond donors (Lipinski definition) is 3. The standard InChI is InChI=1S/C14H21N3O/c15-8-2-1-3-9-16-12-5-6-13-11(10-12)4-7-14(13)17-18/h5-6,10,16,18H,1-4,7-9,15H2. The molecule has 1 aromatic carbocycles. The Balaban J connectivity index is 1.88. The lowest BCUT2D eigenvalue weighted by atomic mass is 10.1. The summed E-state index contributed by atoms with van der Waals surface area (Å²) >= 11 is 0. The maximum atomic E-state index is 8.87. The Hall–Kier alpha value is -1.55. The molecule has 4 nitrogen and oxygen atoms in total. The van der Waals surface area contributed by atoms with Gasteiger partial charge in [-0.2, -0.15) is 0 Å². The second-order valence-electron chi connectivity index (χ2n) is 4.69. The zero-order chi connectivity index (χ0) is 12.8. The van der Waals surface area contributed by atoms with Gasteiger partial charge in [-0.15, -0.1) is 0 Å². The third-order valence-corrected chi connectivity index (χ3v) is 3.38. The second kappa shape index (κ2) is 6.40. The molecule has 98 valence electrons. The molecule has 1 aliphatic rings. The fourth-order valence-electron chi connectivity index (χ4n) is 2.36. The molecule has 0 amide bonds. The molecule has 4 N–H and O–H groups in total. The lowest BCUT2D eigenvalue weighted by Gasteiger charge is -2.08. The van der Waals surface area contributed by atoms with Crippen LogP contribution < -0.4 is 11.1 Å². The number of hydrogen-bond acceptors (Lipinski definition) is 4. The normalized spacial score (nSPS) is 15.9. The van der Waals surface area contributed by atoms with E-state index in [-0.39, 0.29) is 0 Å². The molecule has 0 heterocycles. The van der Waals surface area contributed by atoms with Gasteiger partial charge in [0.05, 0.1) is 5.71 Å². The molecular formula is C14H21N3O. The van der Waals surface area contributed by atoms with E-state index in [2.05, 4.69) is 22.6 Å². The molecular weight excluding hydrogens is 226 g/mol. The summed E-state index contributed by atoms with van der Waals surface area (Å²) in [5.41, 5.74) is 9.78. The van der Waals surface area contributed by atoms with Crippen LogP contribution in [0.3, 0.4) is 0 Å². The summed E-state index contributed by atoms with van der Waals surface area (Å²) in [7, 11) is 0. The molecule has 0 aromatic heterocycles. The van der Waals surface area contributed by atoms with Gasteiger partial charge in [-0.05, 0) is 49.9 Å². The van der Waals surface area contributed by atoms with Crippen molar-refractivity contribution >= 4 is 11.4 Å². The molecule has 1 aliphatic carbocycles. The molecule has 0 aliphatic heterocycles. The molecule has 0 spiro atoms. The monoisotopic (exact) mass is 247 g/mol. The van der Waals surface area contributed by atoms with Gasteiger partial charge in [0.2, 0.25) is 0 Å². The van der Waals surface area contributed by atoms with E-state index in [1.165, 1.54) is 12.0 Å². The number of rotatable bonds is 6. The first-order valence-corrected chi connectivity index (χ1v) is 6.63. The number of nitrogens with zero attached hydrogens (tertiary/aromatic N) is 1. The Kier molecular flexibility index (Phi) is 4.59. The van der Waals surface area contributed by atoms with Crippen LogP contribution in [-0.4, -0.2) is 24.0 Å². The number of anilines is 1. The summed E-state index contributed by atoms with van der Waals surface area (Å²) in [5.74, 6) is 0. The van der Waals surface area contributed by atoms with Crippen LogP contribution in [0.2, 0.25) is 0 Å². The van der Waals surface area contributed by atoms with Crippen molar-refractivity contribution in [3.8, 4) is 0 Å². The fourth-order valence-corrected chi connectivity index (χ4v) is 2.36. The van der Waals surface area contributed by atoms with Crippen molar-refractivity contribution in [2.45, 2.75) is 32.1 Å². The highest BCUT2D eigenvalue weighted by atomic mass is 16.4. The smallest absolute Gasteiger partial charge is 0.0873 e. The minimum Gasteiger partial charge on any atom is -0.411 e. The van der Waals surface area contributed by atoms with Gasteiger partial charge in [0.15, 0.2) is 0 Å². The molecule has 0 unspecified atom stereocenters. The highest BCUT2D eigenvalue weighted by molar-refractivity contribution is 6.04. The van der Waals surface area contributed by atoms with Crippen LogP contribution in [0.25, 0.3) is 0 Å². The van der Waals surface area contributed by atoms with Gasteiger partial charge < -0.3 is 16.3 Å². The zero-order valence-corrected chi connectivity index (χ0v) is 10.7. The Morgan fingerprint density at radius 3 is 2.89 bits per heavy atom. The third kappa shape index (κ3) is 3.01. The van der Waals surface area contributed by atoms with Crippen molar-refractivity contribution in [3.05, 3.63) is 29.3 Å². The quantitative estimate of drug-likeness (QED) is 0.410. The Morgan fingerprint density at radius 2 is 2.11 bits per heavy atom. The summed E-state index contributed by atoms with van der Waals surface area (Å²) in [6.45, 7) is 1.77. The largest absolute Gasteiger partial charge is 0.411 e. The molecule has 1 aromatic rings. The van der Waals surface area contributed by atoms with E-state index in [1.807, 2.05) is 6.07 Å². The average molecular weight is 247 g/mol. The maximum Gasteiger partial charge on any atom is 0.0873 e. The molecule has 4 heteroatoms. The molecule has 18 heavy (non-hydrogen) atoms. The van der Waals surface area contributed by atoms with Crippen LogP contribution in [0.15, 0.2) is 23.4 Å². The zero-order valence-electron chi connectivity index (χ0n) is 10.7. The topological polar surface area (TPSA) is 70.6 Å². The van der Waals surface area contributed by atoms with Crippen molar-refractivity contribution in [2.24, 2.45) is 10.9 Å². The van der Waals surface area contributed by atoms with Gasteiger partial charge in [0, 0.05) is 17.8 Å². The molecule has 0 radical (unpaired) electrons. The van der Waals surface area contributed by atoms with Crippen molar-refractivity contribution < 1.29 is 5.21 Å². The maximum absolute atomic E-state index is 8.87. The van der Waals surface area contributed by atoms with Crippen molar-refractivity contribution in [3.63, 3.8) is 0 Å². The van der Waals surface area contributed by atoms with E-state index in [9.17, 15) is 0 Å². The summed E-state index contributed by atoms with van der Waals surface area (Å²) in [6.07, 6.45) is 5.23. The predicted octanol–water partition coefficient (Wildman–Crippen LogP) is 2.35. The van der Waals surface area contributed by atoms with Crippen molar-refractivity contribution in [1.82, 2.24) is 0 Å². The molecule has 0 saturated carbocycles. The summed E-state index contributed by atoms with van der Waals surface area (Å²) in [5, 5.41) is 15.6. The van der Waals surface area contributed by atoms with Crippen LogP contribution in [0.1, 0.15) is 36.8 Å². The number of unbranched alkanes of at least 4 members (excludes halogenated alkanes) is 2. The first-order chi connectivity index (χ1) is 8.85. The number of nitrogens with two attached hydrogens (primary N) is 1. The highest BCUT2D eigenvalue weighted by Crippen LogP contribution is 2.25. The number of fused-ring (bicyclic) bond motifs is 1. The van der Waals surface area contributed by atoms with Crippen LogP contribution in [0.5, 0.6) is 0 Å². The third-order valence-electron chi connectivity index (χ3n) is 3.38. The van der Waals surface area contributed by atoms with Crippen molar-refractivity contribution in [2.75, 3.05) is 18.4 Å². The van der Waals surface area contributed by atoms with E-state index in [4.69, 9.17) is 10.9 Å². The minimum absolute atomic E-state index is 0.780. The molecule has 0 bridgehead atoms. The molecule has 0 saturated heterocycles. The van der Waals surface area contributed by atoms with E-state index in [0.29, 0.717) is 0 Å². The summed E-state index contributed by atoms with van der Waals surface area (Å²) < 4.78 is 0. The predicted molar refractivity (Wildman–Crippen MR) is 74.5 cm³/mol. The van der Waals surface area contributed by atoms with Crippen LogP contribution >= 0.6 is 0 Å². The van der Waals surface area contributed by atoms with Gasteiger partial charge in [-0.1, -0.05) is 17.6 Å². The molecule has 0 atom stereocenters. The van der Waals surface area contributed by atoms with E-state index < -0.39 is 0 Å². The SMILES string of the molecule is NCCCCCNc1ccc2c(c1)CCC2=NO. The Labute approximate surface area is 108 Å². The first-order valence-electron chi connectivity index (χ1n) is 6.63. The second-order valence-corrected chi connectivity index (χ2v) is 4.69. The minimum atomic E-state index is 0.780. The van der Waals surface area contributed by atoms with Gasteiger partial charge in [-0.3, -0.25) is 0 Å². The lowest BCUT2D eigenvalue weighted by Crippen LogP contribution is -2.04. The number of nitrogens with one attached hydrogen (secondary N) is 1. The summed E-state index contributed by atoms with van der Waals surface area (Å²) in [4.78, 5) is 0. The van der Waals surface area contributed by atoms with Crippen LogP contribution in [0.4, 0.5) is 5.69 Å². The van der Waals surface area contributed by atoms with Gasteiger partial charge >= 0.3 is 0 Å². The Bertz CT molecular complexity index is 429. The number of benzene rings is 1. The van der Waals surface area contributed by atoms with Crippen molar-refractivity contribution in [1.29, 1.82) is 0 Å². The van der Waals surface area contributed by atoms with E-state index in [1.54, 1.807) is 0 Å². The molecule has 0 fully saturated rings. The average Bonchev–Trinajstić information content (AvgIpc) is 2.80. The first kappa shape index (κ1) is 12.9. The van der Waals surface area contributed by atoms with Gasteiger partial charge in [-0.25, -0.2) is 0 Å². The van der Waals surface area contributed by atoms with E-state index in [0.717, 1.165) is 55.7 Å². The van der Waals surface area contributed by atoms with Gasteiger partial charge in [0.25, 0.3) is 0 Å². The number of aryl methyl sites for hydroxylation is 1. The van der Waals surface area contributed by atoms with Crippen LogP contribution in [-0.2, 0) is 6.42 Å². The van der Waals surface area contributed by atoms with E-state index >= 15 is 0 Å². The highest BCUT2D eigenvalue weighted by Gasteiger charge is 2.18. The Morgan fingerprint density at radius 1 is 1.22 bits per heavy atom. The lowest BCUT2D eigenvalue weighted by molar-refractivity contribution is 0.318. The number of oxime groups is 1. The summed E-state index contributed by atoms with van der Waals surface area (Å²) in [6, 6.07) is 6.26. The van der Waals surface area contributed by atoms with Gasteiger partial charge in [0.1, 0.15) is 0 Å². The van der Waals surface area contributed by atoms with Crippen LogP contribution in [0, 0.1) is 0 Å².